The van der Waals surface area contributed by atoms with Crippen LogP contribution in [0.3, 0.4) is 0 Å². The molecule has 1 amide bonds. The number of aromatic nitrogens is 1. The maximum Gasteiger partial charge on any atom is 0.272 e. The molecule has 0 radical (unpaired) electrons. The summed E-state index contributed by atoms with van der Waals surface area (Å²) in [5.74, 6) is -0.333. The first-order valence-electron chi connectivity index (χ1n) is 12.2. The summed E-state index contributed by atoms with van der Waals surface area (Å²) < 4.78 is 28.4. The Hall–Kier alpha value is -3.62. The monoisotopic (exact) mass is 504 g/mol. The van der Waals surface area contributed by atoms with Crippen LogP contribution < -0.4 is 15.8 Å². The number of aromatic amines is 1. The fraction of sp³-hybridized carbons (Fsp3) is 0.250. The maximum absolute atomic E-state index is 13.1. The second kappa shape index (κ2) is 11.4. The van der Waals surface area contributed by atoms with Crippen LogP contribution in [0.25, 0.3) is 10.9 Å². The molecule has 0 spiro atoms. The van der Waals surface area contributed by atoms with Crippen LogP contribution in [0.15, 0.2) is 77.7 Å². The quantitative estimate of drug-likeness (QED) is 0.165. The van der Waals surface area contributed by atoms with Gasteiger partial charge in [-0.2, -0.15) is 0 Å². The predicted molar refractivity (Wildman–Crippen MR) is 146 cm³/mol. The summed E-state index contributed by atoms with van der Waals surface area (Å²) in [6, 6.07) is 21.7. The summed E-state index contributed by atoms with van der Waals surface area (Å²) >= 11 is 0. The van der Waals surface area contributed by atoms with E-state index >= 15 is 0 Å². The van der Waals surface area contributed by atoms with E-state index in [0.29, 0.717) is 23.5 Å². The summed E-state index contributed by atoms with van der Waals surface area (Å²) in [4.78, 5) is 16.5. The van der Waals surface area contributed by atoms with Crippen molar-refractivity contribution in [2.24, 2.45) is 0 Å². The Morgan fingerprint density at radius 2 is 1.64 bits per heavy atom. The molecular formula is C28H32N4O3S. The Morgan fingerprint density at radius 3 is 2.39 bits per heavy atom. The van der Waals surface area contributed by atoms with Crippen LogP contribution in [-0.4, -0.2) is 25.9 Å². The number of unbranched alkanes of at least 4 members (excludes halogenated alkanes) is 2. The lowest BCUT2D eigenvalue weighted by atomic mass is 10.1. The molecule has 1 heterocycles. The van der Waals surface area contributed by atoms with E-state index in [9.17, 15) is 13.2 Å². The van der Waals surface area contributed by atoms with E-state index in [1.807, 2.05) is 36.4 Å². The second-order valence-electron chi connectivity index (χ2n) is 8.81. The van der Waals surface area contributed by atoms with Gasteiger partial charge in [-0.25, -0.2) is 13.1 Å². The van der Waals surface area contributed by atoms with Crippen LogP contribution in [0, 0.1) is 0 Å². The molecule has 0 fully saturated rings. The lowest BCUT2D eigenvalue weighted by Gasteiger charge is -2.10. The number of nitrogens with two attached hydrogens (primary N) is 1. The molecule has 36 heavy (non-hydrogen) atoms. The molecular weight excluding hydrogens is 472 g/mol. The summed E-state index contributed by atoms with van der Waals surface area (Å²) in [5, 5.41) is 3.72. The molecule has 188 valence electrons. The molecule has 0 atom stereocenters. The van der Waals surface area contributed by atoms with Crippen LogP contribution in [0.1, 0.15) is 47.8 Å². The Balaban J connectivity index is 1.48. The average molecular weight is 505 g/mol. The third-order valence-electron chi connectivity index (χ3n) is 6.22. The first-order chi connectivity index (χ1) is 17.4. The molecule has 0 saturated heterocycles. The molecule has 5 N–H and O–H groups in total. The van der Waals surface area contributed by atoms with Crippen molar-refractivity contribution in [1.29, 1.82) is 0 Å². The first kappa shape index (κ1) is 25.5. The second-order valence-corrected chi connectivity index (χ2v) is 10.6. The Labute approximate surface area is 212 Å². The van der Waals surface area contributed by atoms with Crippen LogP contribution in [0.4, 0.5) is 11.4 Å². The zero-order valence-electron chi connectivity index (χ0n) is 20.4. The fourth-order valence-corrected chi connectivity index (χ4v) is 5.29. The SMILES string of the molecule is CCCCCc1ccc(S(=O)(=O)NCCc2c(C(=O)Nc3ccccc3N)[nH]c3ccccc23)cc1. The number of benzene rings is 3. The number of hydrogen-bond donors (Lipinski definition) is 4. The normalized spacial score (nSPS) is 11.6. The summed E-state index contributed by atoms with van der Waals surface area (Å²) in [5.41, 5.74) is 10.0. The van der Waals surface area contributed by atoms with Gasteiger partial charge in [-0.15, -0.1) is 0 Å². The van der Waals surface area contributed by atoms with Crippen molar-refractivity contribution in [2.75, 3.05) is 17.6 Å². The van der Waals surface area contributed by atoms with Crippen molar-refractivity contribution in [2.45, 2.75) is 43.9 Å². The number of sulfonamides is 1. The minimum Gasteiger partial charge on any atom is -0.397 e. The molecule has 1 aromatic heterocycles. The van der Waals surface area contributed by atoms with E-state index in [1.165, 1.54) is 0 Å². The van der Waals surface area contributed by atoms with Gasteiger partial charge in [0.1, 0.15) is 5.69 Å². The predicted octanol–water partition coefficient (Wildman–Crippen LogP) is 5.26. The van der Waals surface area contributed by atoms with Gasteiger partial charge in [0, 0.05) is 17.4 Å². The highest BCUT2D eigenvalue weighted by atomic mass is 32.2. The number of nitrogens with one attached hydrogen (secondary N) is 3. The van der Waals surface area contributed by atoms with Gasteiger partial charge >= 0.3 is 0 Å². The van der Waals surface area contributed by atoms with Crippen molar-refractivity contribution >= 4 is 38.2 Å². The minimum atomic E-state index is -3.67. The smallest absolute Gasteiger partial charge is 0.272 e. The van der Waals surface area contributed by atoms with Gasteiger partial charge in [0.2, 0.25) is 10.0 Å². The summed E-state index contributed by atoms with van der Waals surface area (Å²) in [6.45, 7) is 2.31. The Kier molecular flexibility index (Phi) is 8.07. The van der Waals surface area contributed by atoms with Gasteiger partial charge in [0.15, 0.2) is 0 Å². The molecule has 0 aliphatic carbocycles. The van der Waals surface area contributed by atoms with E-state index < -0.39 is 10.0 Å². The van der Waals surface area contributed by atoms with Gasteiger partial charge in [-0.05, 0) is 60.7 Å². The molecule has 4 aromatic rings. The largest absolute Gasteiger partial charge is 0.397 e. The summed E-state index contributed by atoms with van der Waals surface area (Å²) in [6.07, 6.45) is 4.69. The van der Waals surface area contributed by atoms with E-state index in [-0.39, 0.29) is 17.3 Å². The zero-order valence-corrected chi connectivity index (χ0v) is 21.2. The van der Waals surface area contributed by atoms with Crippen molar-refractivity contribution in [3.63, 3.8) is 0 Å². The van der Waals surface area contributed by atoms with Crippen LogP contribution in [0.5, 0.6) is 0 Å². The maximum atomic E-state index is 13.1. The third kappa shape index (κ3) is 5.95. The number of rotatable bonds is 11. The van der Waals surface area contributed by atoms with Gasteiger partial charge in [0.05, 0.1) is 16.3 Å². The highest BCUT2D eigenvalue weighted by Gasteiger charge is 2.20. The third-order valence-corrected chi connectivity index (χ3v) is 7.70. The molecule has 0 aliphatic heterocycles. The van der Waals surface area contributed by atoms with Crippen molar-refractivity contribution < 1.29 is 13.2 Å². The number of nitrogen functional groups attached to an aromatic ring is 1. The van der Waals surface area contributed by atoms with Gasteiger partial charge < -0.3 is 16.0 Å². The average Bonchev–Trinajstić information content (AvgIpc) is 3.25. The highest BCUT2D eigenvalue weighted by Crippen LogP contribution is 2.25. The number of anilines is 2. The number of para-hydroxylation sites is 3. The van der Waals surface area contributed by atoms with E-state index in [2.05, 4.69) is 21.9 Å². The van der Waals surface area contributed by atoms with Crippen molar-refractivity contribution in [3.05, 3.63) is 89.6 Å². The van der Waals surface area contributed by atoms with Crippen LogP contribution in [-0.2, 0) is 22.9 Å². The molecule has 0 aliphatic rings. The first-order valence-corrected chi connectivity index (χ1v) is 13.7. The van der Waals surface area contributed by atoms with Gasteiger partial charge in [0.25, 0.3) is 5.91 Å². The van der Waals surface area contributed by atoms with Crippen LogP contribution >= 0.6 is 0 Å². The standard InChI is InChI=1S/C28H32N4O3S/c1-2-3-4-9-20-14-16-21(17-15-20)36(34,35)30-19-18-23-22-10-5-7-12-25(22)31-27(23)28(33)32-26-13-8-6-11-24(26)29/h5-8,10-17,30-31H,2-4,9,18-19,29H2,1H3,(H,32,33). The topological polar surface area (TPSA) is 117 Å². The fourth-order valence-electron chi connectivity index (χ4n) is 4.26. The molecule has 0 saturated carbocycles. The number of fused-ring (bicyclic) bond motifs is 1. The molecule has 3 aromatic carbocycles. The van der Waals surface area contributed by atoms with Gasteiger partial charge in [-0.1, -0.05) is 62.2 Å². The number of hydrogen-bond acceptors (Lipinski definition) is 4. The molecule has 8 heteroatoms. The highest BCUT2D eigenvalue weighted by molar-refractivity contribution is 7.89. The van der Waals surface area contributed by atoms with Crippen LogP contribution in [0.2, 0.25) is 0 Å². The summed E-state index contributed by atoms with van der Waals surface area (Å²) in [7, 11) is -3.67. The van der Waals surface area contributed by atoms with E-state index in [1.54, 1.807) is 36.4 Å². The Bertz CT molecular complexity index is 1440. The number of amides is 1. The molecule has 0 bridgehead atoms. The van der Waals surface area contributed by atoms with E-state index in [0.717, 1.165) is 47.7 Å². The molecule has 4 rings (SSSR count). The number of H-pyrrole nitrogens is 1. The molecule has 7 nitrogen and oxygen atoms in total. The molecule has 0 unspecified atom stereocenters. The lowest BCUT2D eigenvalue weighted by Crippen LogP contribution is -2.26. The lowest BCUT2D eigenvalue weighted by molar-refractivity contribution is 0.102. The van der Waals surface area contributed by atoms with Crippen molar-refractivity contribution in [1.82, 2.24) is 9.71 Å². The van der Waals surface area contributed by atoms with E-state index in [4.69, 9.17) is 5.73 Å². The number of aryl methyl sites for hydroxylation is 1. The number of carbonyl (C=O) groups excluding carboxylic acids is 1. The van der Waals surface area contributed by atoms with Gasteiger partial charge in [-0.3, -0.25) is 4.79 Å². The Morgan fingerprint density at radius 1 is 0.917 bits per heavy atom. The van der Waals surface area contributed by atoms with Crippen molar-refractivity contribution in [3.8, 4) is 0 Å². The minimum absolute atomic E-state index is 0.149. The number of carbonyl (C=O) groups is 1. The zero-order chi connectivity index (χ0) is 25.5.